The van der Waals surface area contributed by atoms with Crippen molar-refractivity contribution in [2.45, 2.75) is 19.0 Å². The molecule has 0 bridgehead atoms. The molecule has 1 aliphatic heterocycles. The molecule has 4 nitrogen and oxygen atoms in total. The van der Waals surface area contributed by atoms with E-state index in [4.69, 9.17) is 4.74 Å². The maximum Gasteiger partial charge on any atom is 0.119 e. The Bertz CT molecular complexity index is 1160. The van der Waals surface area contributed by atoms with E-state index in [0.29, 0.717) is 5.75 Å². The summed E-state index contributed by atoms with van der Waals surface area (Å²) in [5.41, 5.74) is 6.16. The first-order valence-corrected chi connectivity index (χ1v) is 9.98. The van der Waals surface area contributed by atoms with Crippen molar-refractivity contribution < 1.29 is 9.84 Å². The average molecular weight is 384 g/mol. The van der Waals surface area contributed by atoms with Crippen molar-refractivity contribution in [2.75, 3.05) is 13.7 Å². The third-order valence-electron chi connectivity index (χ3n) is 5.84. The number of aromatic hydroxyl groups is 1. The van der Waals surface area contributed by atoms with Gasteiger partial charge in [0.05, 0.1) is 13.2 Å². The van der Waals surface area contributed by atoms with Crippen molar-refractivity contribution >= 4 is 10.9 Å². The lowest BCUT2D eigenvalue weighted by molar-refractivity contribution is 0.201. The lowest BCUT2D eigenvalue weighted by Gasteiger charge is -2.36. The first-order valence-electron chi connectivity index (χ1n) is 9.98. The summed E-state index contributed by atoms with van der Waals surface area (Å²) in [5, 5.41) is 11.2. The highest BCUT2D eigenvalue weighted by Gasteiger charge is 2.31. The molecule has 5 rings (SSSR count). The first-order chi connectivity index (χ1) is 14.2. The topological polar surface area (TPSA) is 48.5 Å². The summed E-state index contributed by atoms with van der Waals surface area (Å²) >= 11 is 0. The van der Waals surface area contributed by atoms with Crippen LogP contribution in [0.3, 0.4) is 0 Å². The molecule has 1 aromatic heterocycles. The molecule has 29 heavy (non-hydrogen) atoms. The van der Waals surface area contributed by atoms with Crippen molar-refractivity contribution in [2.24, 2.45) is 0 Å². The predicted octanol–water partition coefficient (Wildman–Crippen LogP) is 5.03. The molecule has 0 unspecified atom stereocenters. The largest absolute Gasteiger partial charge is 0.508 e. The van der Waals surface area contributed by atoms with Crippen LogP contribution in [0.4, 0.5) is 0 Å². The van der Waals surface area contributed by atoms with Gasteiger partial charge in [0.15, 0.2) is 0 Å². The van der Waals surface area contributed by atoms with Crippen LogP contribution < -0.4 is 4.74 Å². The molecule has 2 N–H and O–H groups in total. The van der Waals surface area contributed by atoms with E-state index in [-0.39, 0.29) is 6.04 Å². The fourth-order valence-electron chi connectivity index (χ4n) is 4.54. The number of aromatic nitrogens is 1. The number of phenols is 1. The van der Waals surface area contributed by atoms with E-state index in [2.05, 4.69) is 58.4 Å². The monoisotopic (exact) mass is 384 g/mol. The van der Waals surface area contributed by atoms with Gasteiger partial charge in [0.2, 0.25) is 0 Å². The van der Waals surface area contributed by atoms with Crippen LogP contribution in [0.1, 0.15) is 28.4 Å². The number of H-pyrrole nitrogens is 1. The van der Waals surface area contributed by atoms with Crippen LogP contribution >= 0.6 is 0 Å². The number of ether oxygens (including phenoxy) is 1. The van der Waals surface area contributed by atoms with E-state index in [9.17, 15) is 5.11 Å². The molecule has 2 heterocycles. The number of rotatable bonds is 4. The van der Waals surface area contributed by atoms with Crippen molar-refractivity contribution in [1.82, 2.24) is 9.88 Å². The number of nitrogens with zero attached hydrogens (tertiary/aromatic N) is 1. The molecule has 1 atom stereocenters. The third-order valence-corrected chi connectivity index (χ3v) is 5.84. The van der Waals surface area contributed by atoms with Crippen LogP contribution in [-0.2, 0) is 13.0 Å². The quantitative estimate of drug-likeness (QED) is 0.519. The predicted molar refractivity (Wildman–Crippen MR) is 115 cm³/mol. The fourth-order valence-corrected chi connectivity index (χ4v) is 4.54. The second-order valence-corrected chi connectivity index (χ2v) is 7.63. The second-order valence-electron chi connectivity index (χ2n) is 7.63. The fraction of sp³-hybridized carbons (Fsp3) is 0.200. The Morgan fingerprint density at radius 3 is 2.76 bits per heavy atom. The summed E-state index contributed by atoms with van der Waals surface area (Å²) in [6, 6.07) is 24.5. The molecule has 0 saturated carbocycles. The normalized spacial score (nSPS) is 16.7. The number of hydrogen-bond acceptors (Lipinski definition) is 3. The van der Waals surface area contributed by atoms with Gasteiger partial charge in [0.25, 0.3) is 0 Å². The van der Waals surface area contributed by atoms with Crippen LogP contribution in [-0.4, -0.2) is 28.6 Å². The Hall–Kier alpha value is -3.24. The van der Waals surface area contributed by atoms with Crippen LogP contribution in [0, 0.1) is 0 Å². The molecule has 0 saturated heterocycles. The van der Waals surface area contributed by atoms with E-state index in [1.807, 2.05) is 18.2 Å². The van der Waals surface area contributed by atoms with E-state index < -0.39 is 0 Å². The molecule has 146 valence electrons. The van der Waals surface area contributed by atoms with Crippen molar-refractivity contribution in [3.8, 4) is 11.5 Å². The number of phenolic OH excluding ortho intramolecular Hbond substituents is 1. The summed E-state index contributed by atoms with van der Waals surface area (Å²) in [4.78, 5) is 6.17. The Balaban J connectivity index is 1.62. The van der Waals surface area contributed by atoms with Crippen molar-refractivity contribution in [3.05, 3.63) is 95.2 Å². The van der Waals surface area contributed by atoms with Crippen LogP contribution in [0.5, 0.6) is 11.5 Å². The number of aromatic amines is 1. The molecule has 0 radical (unpaired) electrons. The zero-order valence-corrected chi connectivity index (χ0v) is 16.4. The summed E-state index contributed by atoms with van der Waals surface area (Å²) in [5.74, 6) is 1.17. The molecule has 0 spiro atoms. The third kappa shape index (κ3) is 3.26. The molecule has 0 aliphatic carbocycles. The van der Waals surface area contributed by atoms with E-state index in [1.54, 1.807) is 13.2 Å². The van der Waals surface area contributed by atoms with Gasteiger partial charge in [0, 0.05) is 29.7 Å². The minimum atomic E-state index is 0.101. The summed E-state index contributed by atoms with van der Waals surface area (Å²) in [6.45, 7) is 1.72. The van der Waals surface area contributed by atoms with E-state index in [1.165, 1.54) is 27.7 Å². The first kappa shape index (κ1) is 17.8. The van der Waals surface area contributed by atoms with Gasteiger partial charge in [-0.2, -0.15) is 0 Å². The van der Waals surface area contributed by atoms with Crippen molar-refractivity contribution in [1.29, 1.82) is 0 Å². The molecule has 4 heteroatoms. The SMILES string of the molecule is COc1cccc([C@H]2c3[nH]c4ccccc4c3CCN2Cc2cccc(O)c2)c1. The Morgan fingerprint density at radius 2 is 1.90 bits per heavy atom. The van der Waals surface area contributed by atoms with Crippen LogP contribution in [0.15, 0.2) is 72.8 Å². The minimum absolute atomic E-state index is 0.101. The number of para-hydroxylation sites is 1. The molecular weight excluding hydrogens is 360 g/mol. The Morgan fingerprint density at radius 1 is 1.03 bits per heavy atom. The molecule has 0 fully saturated rings. The standard InChI is InChI=1S/C25H24N2O2/c1-29-20-9-5-7-18(15-20)25-24-22(21-10-2-3-11-23(21)26-24)12-13-27(25)16-17-6-4-8-19(28)14-17/h2-11,14-15,25-26,28H,12-13,16H2,1H3/t25-/m0/s1. The molecule has 3 aromatic carbocycles. The van der Waals surface area contributed by atoms with Gasteiger partial charge in [-0.25, -0.2) is 0 Å². The highest BCUT2D eigenvalue weighted by atomic mass is 16.5. The van der Waals surface area contributed by atoms with Gasteiger partial charge in [0.1, 0.15) is 11.5 Å². The Kier molecular flexibility index (Phi) is 4.49. The molecule has 4 aromatic rings. The van der Waals surface area contributed by atoms with Gasteiger partial charge < -0.3 is 14.8 Å². The summed E-state index contributed by atoms with van der Waals surface area (Å²) < 4.78 is 5.50. The maximum absolute atomic E-state index is 9.91. The van der Waals surface area contributed by atoms with Gasteiger partial charge in [-0.15, -0.1) is 0 Å². The van der Waals surface area contributed by atoms with Crippen LogP contribution in [0.2, 0.25) is 0 Å². The molecule has 0 amide bonds. The molecule has 1 aliphatic rings. The summed E-state index contributed by atoms with van der Waals surface area (Å²) in [7, 11) is 1.71. The highest BCUT2D eigenvalue weighted by Crippen LogP contribution is 2.39. The van der Waals surface area contributed by atoms with Gasteiger partial charge in [-0.1, -0.05) is 42.5 Å². The maximum atomic E-state index is 9.91. The van der Waals surface area contributed by atoms with E-state index in [0.717, 1.165) is 30.8 Å². The van der Waals surface area contributed by atoms with Crippen LogP contribution in [0.25, 0.3) is 10.9 Å². The highest BCUT2D eigenvalue weighted by molar-refractivity contribution is 5.85. The lowest BCUT2D eigenvalue weighted by atomic mass is 9.92. The van der Waals surface area contributed by atoms with Gasteiger partial charge in [-0.05, 0) is 53.4 Å². The van der Waals surface area contributed by atoms with E-state index >= 15 is 0 Å². The zero-order chi connectivity index (χ0) is 19.8. The number of benzene rings is 3. The minimum Gasteiger partial charge on any atom is -0.508 e. The number of fused-ring (bicyclic) bond motifs is 3. The van der Waals surface area contributed by atoms with Gasteiger partial charge >= 0.3 is 0 Å². The number of methoxy groups -OCH3 is 1. The van der Waals surface area contributed by atoms with Gasteiger partial charge in [-0.3, -0.25) is 4.90 Å². The average Bonchev–Trinajstić information content (AvgIpc) is 3.12. The zero-order valence-electron chi connectivity index (χ0n) is 16.4. The Labute approximate surface area is 170 Å². The number of hydrogen-bond donors (Lipinski definition) is 2. The van der Waals surface area contributed by atoms with Crippen molar-refractivity contribution in [3.63, 3.8) is 0 Å². The second kappa shape index (κ2) is 7.30. The molecular formula is C25H24N2O2. The smallest absolute Gasteiger partial charge is 0.119 e. The number of nitrogens with one attached hydrogen (secondary N) is 1. The summed E-state index contributed by atoms with van der Waals surface area (Å²) in [6.07, 6.45) is 0.999. The lowest BCUT2D eigenvalue weighted by Crippen LogP contribution is -2.35.